The molecule has 1 rings (SSSR count). The number of alkyl halides is 1. The number of carbonyl (C=O) groups excluding carboxylic acids is 1. The molecule has 0 radical (unpaired) electrons. The van der Waals surface area contributed by atoms with E-state index in [2.05, 4.69) is 56.5 Å². The summed E-state index contributed by atoms with van der Waals surface area (Å²) in [5.74, 6) is 1.51. The van der Waals surface area contributed by atoms with Gasteiger partial charge in [0.1, 0.15) is 0 Å². The van der Waals surface area contributed by atoms with Crippen molar-refractivity contribution in [2.75, 3.05) is 17.7 Å². The number of para-hydroxylation sites is 1. The first-order chi connectivity index (χ1) is 9.93. The number of halogens is 1. The third-order valence-electron chi connectivity index (χ3n) is 3.11. The lowest BCUT2D eigenvalue weighted by atomic mass is 9.94. The summed E-state index contributed by atoms with van der Waals surface area (Å²) in [6.45, 7) is 9.22. The van der Waals surface area contributed by atoms with Crippen LogP contribution in [-0.2, 0) is 12.8 Å². The fourth-order valence-electron chi connectivity index (χ4n) is 2.35. The fourth-order valence-corrected chi connectivity index (χ4v) is 2.45. The van der Waals surface area contributed by atoms with Crippen molar-refractivity contribution in [3.63, 3.8) is 0 Å². The molecular weight excluding hydrogens is 284 g/mol. The number of hydrogen-bond acceptors (Lipinski definition) is 1. The van der Waals surface area contributed by atoms with Gasteiger partial charge in [0.25, 0.3) is 0 Å². The van der Waals surface area contributed by atoms with Gasteiger partial charge >= 0.3 is 6.03 Å². The number of nitrogens with one attached hydrogen (secondary N) is 2. The van der Waals surface area contributed by atoms with Gasteiger partial charge in [-0.05, 0) is 35.8 Å². The first-order valence-corrected chi connectivity index (χ1v) is 8.19. The average molecular weight is 311 g/mol. The van der Waals surface area contributed by atoms with Gasteiger partial charge in [0.15, 0.2) is 0 Å². The van der Waals surface area contributed by atoms with Crippen LogP contribution < -0.4 is 10.6 Å². The quantitative estimate of drug-likeness (QED) is 0.718. The Bertz CT molecular complexity index is 430. The molecule has 0 aliphatic carbocycles. The van der Waals surface area contributed by atoms with Gasteiger partial charge in [0.05, 0.1) is 0 Å². The van der Waals surface area contributed by atoms with Gasteiger partial charge in [-0.2, -0.15) is 0 Å². The number of urea groups is 1. The first-order valence-electron chi connectivity index (χ1n) is 7.65. The Morgan fingerprint density at radius 2 is 1.62 bits per heavy atom. The van der Waals surface area contributed by atoms with E-state index in [1.807, 2.05) is 0 Å². The molecule has 0 saturated carbocycles. The minimum atomic E-state index is -0.183. The molecule has 2 N–H and O–H groups in total. The molecule has 0 unspecified atom stereocenters. The summed E-state index contributed by atoms with van der Waals surface area (Å²) < 4.78 is 0. The van der Waals surface area contributed by atoms with Gasteiger partial charge in [-0.1, -0.05) is 45.9 Å². The Balaban J connectivity index is 3.00. The molecule has 21 heavy (non-hydrogen) atoms. The Kier molecular flexibility index (Phi) is 7.58. The zero-order valence-electron chi connectivity index (χ0n) is 13.5. The van der Waals surface area contributed by atoms with Crippen LogP contribution in [-0.4, -0.2) is 18.5 Å². The summed E-state index contributed by atoms with van der Waals surface area (Å²) >= 11 is 5.61. The summed E-state index contributed by atoms with van der Waals surface area (Å²) in [5.41, 5.74) is 3.36. The van der Waals surface area contributed by atoms with Crippen LogP contribution in [0.15, 0.2) is 18.2 Å². The van der Waals surface area contributed by atoms with Gasteiger partial charge in [0, 0.05) is 18.1 Å². The molecule has 0 aliphatic heterocycles. The van der Waals surface area contributed by atoms with Crippen molar-refractivity contribution in [1.82, 2.24) is 5.32 Å². The molecule has 0 spiro atoms. The van der Waals surface area contributed by atoms with Crippen LogP contribution >= 0.6 is 11.6 Å². The molecule has 0 bridgehead atoms. The van der Waals surface area contributed by atoms with E-state index in [1.165, 1.54) is 11.1 Å². The number of hydrogen-bond donors (Lipinski definition) is 2. The summed E-state index contributed by atoms with van der Waals surface area (Å²) in [6, 6.07) is 6.09. The molecule has 0 aliphatic rings. The van der Waals surface area contributed by atoms with Crippen LogP contribution in [0.25, 0.3) is 0 Å². The summed E-state index contributed by atoms with van der Waals surface area (Å²) in [7, 11) is 0. The third kappa shape index (κ3) is 6.38. The van der Waals surface area contributed by atoms with Gasteiger partial charge in [-0.25, -0.2) is 4.79 Å². The Morgan fingerprint density at radius 1 is 1.10 bits per heavy atom. The minimum absolute atomic E-state index is 0.183. The maximum absolute atomic E-state index is 12.0. The number of carbonyl (C=O) groups is 1. The van der Waals surface area contributed by atoms with E-state index >= 15 is 0 Å². The van der Waals surface area contributed by atoms with E-state index in [0.29, 0.717) is 24.3 Å². The summed E-state index contributed by atoms with van der Waals surface area (Å²) in [6.07, 6.45) is 1.91. The van der Waals surface area contributed by atoms with Crippen molar-refractivity contribution < 1.29 is 4.79 Å². The second-order valence-corrected chi connectivity index (χ2v) is 6.60. The van der Waals surface area contributed by atoms with E-state index in [4.69, 9.17) is 11.6 Å². The molecule has 118 valence electrons. The summed E-state index contributed by atoms with van der Waals surface area (Å²) in [5, 5.41) is 5.78. The van der Waals surface area contributed by atoms with Crippen molar-refractivity contribution in [3.8, 4) is 0 Å². The predicted octanol–water partition coefficient (Wildman–Crippen LogP) is 4.44. The van der Waals surface area contributed by atoms with E-state index in [9.17, 15) is 4.79 Å². The molecule has 4 heteroatoms. The number of benzene rings is 1. The van der Waals surface area contributed by atoms with Crippen molar-refractivity contribution in [1.29, 1.82) is 0 Å². The third-order valence-corrected chi connectivity index (χ3v) is 3.30. The second kappa shape index (κ2) is 8.93. The van der Waals surface area contributed by atoms with Crippen molar-refractivity contribution in [3.05, 3.63) is 29.3 Å². The topological polar surface area (TPSA) is 41.1 Å². The van der Waals surface area contributed by atoms with E-state index in [-0.39, 0.29) is 6.03 Å². The van der Waals surface area contributed by atoms with Crippen molar-refractivity contribution in [2.24, 2.45) is 11.8 Å². The highest BCUT2D eigenvalue weighted by Crippen LogP contribution is 2.26. The maximum Gasteiger partial charge on any atom is 0.319 e. The molecule has 0 saturated heterocycles. The summed E-state index contributed by atoms with van der Waals surface area (Å²) in [4.78, 5) is 12.0. The molecule has 0 fully saturated rings. The van der Waals surface area contributed by atoms with Crippen LogP contribution in [0.5, 0.6) is 0 Å². The normalized spacial score (nSPS) is 11.0. The zero-order valence-corrected chi connectivity index (χ0v) is 14.3. The molecule has 1 aromatic rings. The van der Waals surface area contributed by atoms with Crippen LogP contribution in [0.4, 0.5) is 10.5 Å². The highest BCUT2D eigenvalue weighted by atomic mass is 35.5. The monoisotopic (exact) mass is 310 g/mol. The maximum atomic E-state index is 12.0. The average Bonchev–Trinajstić information content (AvgIpc) is 2.38. The second-order valence-electron chi connectivity index (χ2n) is 6.22. The molecule has 3 nitrogen and oxygen atoms in total. The van der Waals surface area contributed by atoms with Crippen LogP contribution in [0.1, 0.15) is 38.8 Å². The minimum Gasteiger partial charge on any atom is -0.337 e. The van der Waals surface area contributed by atoms with Crippen molar-refractivity contribution >= 4 is 23.3 Å². The number of anilines is 1. The SMILES string of the molecule is CC(C)Cc1cccc(CC(C)C)c1NC(=O)NCCCl. The molecule has 0 heterocycles. The van der Waals surface area contributed by atoms with Gasteiger partial charge in [-0.3, -0.25) is 0 Å². The van der Waals surface area contributed by atoms with Gasteiger partial charge in [-0.15, -0.1) is 11.6 Å². The van der Waals surface area contributed by atoms with E-state index in [1.54, 1.807) is 0 Å². The zero-order chi connectivity index (χ0) is 15.8. The molecule has 0 aromatic heterocycles. The highest BCUT2D eigenvalue weighted by Gasteiger charge is 2.13. The Hall–Kier alpha value is -1.22. The smallest absolute Gasteiger partial charge is 0.319 e. The number of rotatable bonds is 7. The largest absolute Gasteiger partial charge is 0.337 e. The van der Waals surface area contributed by atoms with Gasteiger partial charge in [0.2, 0.25) is 0 Å². The first kappa shape index (κ1) is 17.8. The molecule has 2 amide bonds. The lowest BCUT2D eigenvalue weighted by Gasteiger charge is -2.18. The fraction of sp³-hybridized carbons (Fsp3) is 0.588. The standard InChI is InChI=1S/C17H27ClN2O/c1-12(2)10-14-6-5-7-15(11-13(3)4)16(14)20-17(21)19-9-8-18/h5-7,12-13H,8-11H2,1-4H3,(H2,19,20,21). The molecule has 1 aromatic carbocycles. The lowest BCUT2D eigenvalue weighted by molar-refractivity contribution is 0.252. The Labute approximate surface area is 133 Å². The molecule has 0 atom stereocenters. The van der Waals surface area contributed by atoms with Gasteiger partial charge < -0.3 is 10.6 Å². The lowest BCUT2D eigenvalue weighted by Crippen LogP contribution is -2.31. The van der Waals surface area contributed by atoms with Crippen molar-refractivity contribution in [2.45, 2.75) is 40.5 Å². The van der Waals surface area contributed by atoms with E-state index in [0.717, 1.165) is 18.5 Å². The van der Waals surface area contributed by atoms with Crippen LogP contribution in [0, 0.1) is 11.8 Å². The Morgan fingerprint density at radius 3 is 2.05 bits per heavy atom. The predicted molar refractivity (Wildman–Crippen MR) is 91.3 cm³/mol. The van der Waals surface area contributed by atoms with E-state index < -0.39 is 0 Å². The highest BCUT2D eigenvalue weighted by molar-refractivity contribution is 6.18. The number of amides is 2. The molecular formula is C17H27ClN2O. The van der Waals surface area contributed by atoms with Crippen LogP contribution in [0.2, 0.25) is 0 Å². The van der Waals surface area contributed by atoms with Crippen LogP contribution in [0.3, 0.4) is 0 Å².